The molecule has 0 aliphatic carbocycles. The minimum atomic E-state index is -1.27. The van der Waals surface area contributed by atoms with Crippen molar-refractivity contribution >= 4 is 5.91 Å². The Bertz CT molecular complexity index is 665. The van der Waals surface area contributed by atoms with Crippen LogP contribution in [0.5, 0.6) is 0 Å². The highest BCUT2D eigenvalue weighted by Gasteiger charge is 2.28. The lowest BCUT2D eigenvalue weighted by molar-refractivity contribution is 0.0514. The number of carbonyl (C=O) groups excluding carboxylic acids is 1. The standard InChI is InChI=1S/C15H17FN2O3/c1-9-6-12(10(2)21-9)15(3,20)8-18-14(19)11-4-5-17-13(16)7-11/h4-7,20H,8H2,1-3H3,(H,18,19). The Morgan fingerprint density at radius 1 is 1.48 bits per heavy atom. The molecular weight excluding hydrogens is 275 g/mol. The molecule has 0 bridgehead atoms. The summed E-state index contributed by atoms with van der Waals surface area (Å²) in [5.41, 5.74) is -0.511. The van der Waals surface area contributed by atoms with Gasteiger partial charge in [-0.3, -0.25) is 4.79 Å². The van der Waals surface area contributed by atoms with Crippen LogP contribution >= 0.6 is 0 Å². The second-order valence-corrected chi connectivity index (χ2v) is 5.15. The minimum Gasteiger partial charge on any atom is -0.466 e. The number of aliphatic hydroxyl groups is 1. The molecule has 0 spiro atoms. The minimum absolute atomic E-state index is 0.0183. The SMILES string of the molecule is Cc1cc(C(C)(O)CNC(=O)c2ccnc(F)c2)c(C)o1. The molecule has 0 aliphatic rings. The molecule has 21 heavy (non-hydrogen) atoms. The average molecular weight is 292 g/mol. The molecule has 1 amide bonds. The first kappa shape index (κ1) is 15.2. The van der Waals surface area contributed by atoms with E-state index >= 15 is 0 Å². The van der Waals surface area contributed by atoms with Gasteiger partial charge in [0.15, 0.2) is 0 Å². The summed E-state index contributed by atoms with van der Waals surface area (Å²) in [5.74, 6) is 0.0807. The molecule has 112 valence electrons. The molecule has 2 rings (SSSR count). The third-order valence-electron chi connectivity index (χ3n) is 3.20. The number of hydrogen-bond donors (Lipinski definition) is 2. The number of aryl methyl sites for hydroxylation is 2. The number of pyridine rings is 1. The van der Waals surface area contributed by atoms with Crippen LogP contribution in [0.1, 0.15) is 34.4 Å². The maximum Gasteiger partial charge on any atom is 0.251 e. The zero-order valence-electron chi connectivity index (χ0n) is 12.1. The van der Waals surface area contributed by atoms with Gasteiger partial charge in [0.2, 0.25) is 5.95 Å². The third-order valence-corrected chi connectivity index (χ3v) is 3.20. The number of aromatic nitrogens is 1. The topological polar surface area (TPSA) is 75.4 Å². The Kier molecular flexibility index (Phi) is 4.09. The van der Waals surface area contributed by atoms with Crippen LogP contribution in [-0.2, 0) is 5.60 Å². The van der Waals surface area contributed by atoms with Crippen molar-refractivity contribution in [1.82, 2.24) is 10.3 Å². The highest BCUT2D eigenvalue weighted by Crippen LogP contribution is 2.26. The molecule has 5 nitrogen and oxygen atoms in total. The molecule has 2 aromatic rings. The maximum atomic E-state index is 13.0. The molecule has 0 saturated heterocycles. The van der Waals surface area contributed by atoms with Gasteiger partial charge >= 0.3 is 0 Å². The van der Waals surface area contributed by atoms with Gasteiger partial charge in [0.25, 0.3) is 5.91 Å². The van der Waals surface area contributed by atoms with E-state index in [9.17, 15) is 14.3 Å². The molecule has 2 aromatic heterocycles. The first-order valence-corrected chi connectivity index (χ1v) is 6.49. The quantitative estimate of drug-likeness (QED) is 0.846. The summed E-state index contributed by atoms with van der Waals surface area (Å²) in [5, 5.41) is 13.0. The van der Waals surface area contributed by atoms with E-state index in [2.05, 4.69) is 10.3 Å². The van der Waals surface area contributed by atoms with Crippen LogP contribution < -0.4 is 5.32 Å². The van der Waals surface area contributed by atoms with Crippen LogP contribution in [0.3, 0.4) is 0 Å². The van der Waals surface area contributed by atoms with E-state index in [4.69, 9.17) is 4.42 Å². The van der Waals surface area contributed by atoms with Crippen molar-refractivity contribution in [3.05, 3.63) is 53.0 Å². The van der Waals surface area contributed by atoms with Crippen LogP contribution in [0.2, 0.25) is 0 Å². The molecule has 1 atom stereocenters. The van der Waals surface area contributed by atoms with E-state index in [0.29, 0.717) is 17.1 Å². The van der Waals surface area contributed by atoms with Crippen molar-refractivity contribution in [3.8, 4) is 0 Å². The van der Waals surface area contributed by atoms with Gasteiger partial charge < -0.3 is 14.8 Å². The van der Waals surface area contributed by atoms with Crippen LogP contribution in [0.15, 0.2) is 28.8 Å². The van der Waals surface area contributed by atoms with Crippen LogP contribution in [0.4, 0.5) is 4.39 Å². The molecule has 0 aromatic carbocycles. The molecule has 2 N–H and O–H groups in total. The lowest BCUT2D eigenvalue weighted by Gasteiger charge is -2.23. The summed E-state index contributed by atoms with van der Waals surface area (Å²) < 4.78 is 18.3. The Labute approximate surface area is 121 Å². The van der Waals surface area contributed by atoms with Crippen molar-refractivity contribution < 1.29 is 18.7 Å². The third kappa shape index (κ3) is 3.46. The number of halogens is 1. The predicted molar refractivity (Wildman–Crippen MR) is 74.3 cm³/mol. The van der Waals surface area contributed by atoms with E-state index in [1.54, 1.807) is 26.8 Å². The molecule has 1 unspecified atom stereocenters. The Balaban J connectivity index is 2.08. The fraction of sp³-hybridized carbons (Fsp3) is 0.333. The number of nitrogens with one attached hydrogen (secondary N) is 1. The summed E-state index contributed by atoms with van der Waals surface area (Å²) in [4.78, 5) is 15.3. The van der Waals surface area contributed by atoms with E-state index in [-0.39, 0.29) is 12.1 Å². The molecule has 2 heterocycles. The number of rotatable bonds is 4. The lowest BCUT2D eigenvalue weighted by atomic mass is 9.96. The van der Waals surface area contributed by atoms with Gasteiger partial charge in [-0.05, 0) is 32.9 Å². The zero-order valence-corrected chi connectivity index (χ0v) is 12.1. The van der Waals surface area contributed by atoms with Crippen LogP contribution in [-0.4, -0.2) is 22.5 Å². The maximum absolute atomic E-state index is 13.0. The van der Waals surface area contributed by atoms with Gasteiger partial charge in [0.1, 0.15) is 17.1 Å². The summed E-state index contributed by atoms with van der Waals surface area (Å²) in [7, 11) is 0. The second kappa shape index (κ2) is 5.65. The van der Waals surface area contributed by atoms with Crippen LogP contribution in [0, 0.1) is 19.8 Å². The van der Waals surface area contributed by atoms with Gasteiger partial charge in [-0.15, -0.1) is 0 Å². The number of furan rings is 1. The Morgan fingerprint density at radius 3 is 2.76 bits per heavy atom. The molecule has 6 heteroatoms. The fourth-order valence-electron chi connectivity index (χ4n) is 2.16. The number of amides is 1. The highest BCUT2D eigenvalue weighted by molar-refractivity contribution is 5.94. The summed E-state index contributed by atoms with van der Waals surface area (Å²) in [6, 6.07) is 4.17. The van der Waals surface area contributed by atoms with E-state index < -0.39 is 17.5 Å². The molecule has 0 saturated carbocycles. The normalized spacial score (nSPS) is 13.8. The Morgan fingerprint density at radius 2 is 2.19 bits per heavy atom. The molecular formula is C15H17FN2O3. The van der Waals surface area contributed by atoms with Crippen molar-refractivity contribution in [2.24, 2.45) is 0 Å². The van der Waals surface area contributed by atoms with Crippen LogP contribution in [0.25, 0.3) is 0 Å². The fourth-order valence-corrected chi connectivity index (χ4v) is 2.16. The molecule has 0 radical (unpaired) electrons. The van der Waals surface area contributed by atoms with Crippen molar-refractivity contribution in [2.75, 3.05) is 6.54 Å². The summed E-state index contributed by atoms with van der Waals surface area (Å²) in [6.07, 6.45) is 1.21. The van der Waals surface area contributed by atoms with Gasteiger partial charge in [-0.2, -0.15) is 4.39 Å². The average Bonchev–Trinajstić information content (AvgIpc) is 2.76. The number of hydrogen-bond acceptors (Lipinski definition) is 4. The van der Waals surface area contributed by atoms with Gasteiger partial charge in [0.05, 0.1) is 6.54 Å². The largest absolute Gasteiger partial charge is 0.466 e. The smallest absolute Gasteiger partial charge is 0.251 e. The summed E-state index contributed by atoms with van der Waals surface area (Å²) in [6.45, 7) is 5.09. The number of nitrogens with zero attached hydrogens (tertiary/aromatic N) is 1. The van der Waals surface area contributed by atoms with E-state index in [0.717, 1.165) is 6.07 Å². The van der Waals surface area contributed by atoms with E-state index in [1.807, 2.05) is 0 Å². The Hall–Kier alpha value is -2.21. The number of carbonyl (C=O) groups is 1. The van der Waals surface area contributed by atoms with Gasteiger partial charge in [-0.25, -0.2) is 4.98 Å². The van der Waals surface area contributed by atoms with Crippen molar-refractivity contribution in [1.29, 1.82) is 0 Å². The van der Waals surface area contributed by atoms with Gasteiger partial charge in [0, 0.05) is 23.4 Å². The van der Waals surface area contributed by atoms with Crippen molar-refractivity contribution in [3.63, 3.8) is 0 Å². The predicted octanol–water partition coefficient (Wildman–Crippen LogP) is 2.07. The van der Waals surface area contributed by atoms with E-state index in [1.165, 1.54) is 12.3 Å². The van der Waals surface area contributed by atoms with Crippen molar-refractivity contribution in [2.45, 2.75) is 26.4 Å². The van der Waals surface area contributed by atoms with Gasteiger partial charge in [-0.1, -0.05) is 0 Å². The first-order valence-electron chi connectivity index (χ1n) is 6.49. The molecule has 0 aliphatic heterocycles. The second-order valence-electron chi connectivity index (χ2n) is 5.15. The summed E-state index contributed by atoms with van der Waals surface area (Å²) >= 11 is 0. The highest BCUT2D eigenvalue weighted by atomic mass is 19.1. The zero-order chi connectivity index (χ0) is 15.6. The first-order chi connectivity index (χ1) is 9.79. The monoisotopic (exact) mass is 292 g/mol. The lowest BCUT2D eigenvalue weighted by Crippen LogP contribution is -2.38. The molecule has 0 fully saturated rings.